The molecule has 10 heteroatoms. The van der Waals surface area contributed by atoms with Crippen molar-refractivity contribution in [3.8, 4) is 0 Å². The minimum absolute atomic E-state index is 0.000445. The Morgan fingerprint density at radius 3 is 1.78 bits per heavy atom. The van der Waals surface area contributed by atoms with E-state index in [9.17, 15) is 36.1 Å². The number of unbranched alkanes of at least 4 members (excludes halogenated alkanes) is 24. The topological polar surface area (TPSA) is 63.6 Å². The first-order chi connectivity index (χ1) is 30.8. The number of hydrogen-bond donors (Lipinski definition) is 1. The van der Waals surface area contributed by atoms with Crippen LogP contribution in [0.5, 0.6) is 0 Å². The summed E-state index contributed by atoms with van der Waals surface area (Å²) in [7, 11) is -1.37. The highest BCUT2D eigenvalue weighted by Crippen LogP contribution is 2.63. The standard InChI is InChI=1S/C54H91F5O4S/c1-3-4-5-6-7-8-9-10-11-12-13-14-15-16-17-18-21-24-27-31-50(61)63-49-35-34-48-51-43(41-44-42-45(60)32-33-46(44)47(51)36-38-52(48,49)2)30-26-23-20-19-22-25-28-39-64(62)40-29-37-53(55,56)54(57,58)59/h42-43,47-49,51,60H,3-41H2,1-2H3. The van der Waals surface area contributed by atoms with Gasteiger partial charge in [0.1, 0.15) is 6.10 Å². The maximum atomic E-state index is 13.2. The van der Waals surface area contributed by atoms with Gasteiger partial charge < -0.3 is 9.84 Å². The molecule has 0 bridgehead atoms. The molecule has 1 N–H and O–H groups in total. The van der Waals surface area contributed by atoms with E-state index >= 15 is 0 Å². The number of aliphatic hydroxyl groups excluding tert-OH is 1. The number of ether oxygens (including phenoxy) is 1. The Labute approximate surface area is 389 Å². The van der Waals surface area contributed by atoms with Gasteiger partial charge in [0.05, 0.1) is 5.76 Å². The number of carbonyl (C=O) groups is 1. The molecule has 4 nitrogen and oxygen atoms in total. The van der Waals surface area contributed by atoms with Gasteiger partial charge >= 0.3 is 18.1 Å². The fourth-order valence-electron chi connectivity index (χ4n) is 12.3. The third-order valence-electron chi connectivity index (χ3n) is 16.1. The largest absolute Gasteiger partial charge is 0.512 e. The molecule has 64 heavy (non-hydrogen) atoms. The molecule has 0 spiro atoms. The Bertz CT molecular complexity index is 1410. The molecular formula is C54H91F5O4S. The number of carbonyl (C=O) groups excluding carboxylic acids is 1. The average Bonchev–Trinajstić information content (AvgIpc) is 3.58. The summed E-state index contributed by atoms with van der Waals surface area (Å²) in [6, 6.07) is 0. The average molecular weight is 931 g/mol. The molecule has 4 aliphatic carbocycles. The maximum absolute atomic E-state index is 13.2. The molecule has 0 aromatic rings. The molecule has 2 saturated carbocycles. The second kappa shape index (κ2) is 29.4. The van der Waals surface area contributed by atoms with E-state index in [4.69, 9.17) is 4.74 Å². The molecular weight excluding hydrogens is 840 g/mol. The van der Waals surface area contributed by atoms with Crippen LogP contribution in [0.1, 0.15) is 251 Å². The van der Waals surface area contributed by atoms with Crippen molar-refractivity contribution in [3.05, 3.63) is 23.0 Å². The SMILES string of the molecule is CCCCCCCCCCCCCCCCCCCCCC(=O)OC1CCC2C3C(CCCCCCCCCS(=O)CCCC(F)(F)C(F)(F)F)CC4=C(CCC(O)=C4)C3CCC12C. The van der Waals surface area contributed by atoms with E-state index in [1.165, 1.54) is 115 Å². The Hall–Kier alpha value is -1.45. The van der Waals surface area contributed by atoms with Crippen molar-refractivity contribution < 1.29 is 40.8 Å². The summed E-state index contributed by atoms with van der Waals surface area (Å²) in [5, 5.41) is 10.5. The molecule has 0 heterocycles. The van der Waals surface area contributed by atoms with Gasteiger partial charge in [0.2, 0.25) is 0 Å². The van der Waals surface area contributed by atoms with Gasteiger partial charge in [-0.15, -0.1) is 0 Å². The molecule has 372 valence electrons. The van der Waals surface area contributed by atoms with Crippen molar-refractivity contribution in [2.24, 2.45) is 29.1 Å². The molecule has 0 aliphatic heterocycles. The van der Waals surface area contributed by atoms with Gasteiger partial charge in [0.25, 0.3) is 0 Å². The summed E-state index contributed by atoms with van der Waals surface area (Å²) in [6.07, 6.45) is 36.1. The van der Waals surface area contributed by atoms with Crippen molar-refractivity contribution in [1.82, 2.24) is 0 Å². The lowest BCUT2D eigenvalue weighted by atomic mass is 9.51. The van der Waals surface area contributed by atoms with Crippen molar-refractivity contribution >= 4 is 16.8 Å². The molecule has 0 saturated heterocycles. The Morgan fingerprint density at radius 2 is 1.22 bits per heavy atom. The van der Waals surface area contributed by atoms with Crippen LogP contribution >= 0.6 is 0 Å². The van der Waals surface area contributed by atoms with Crippen molar-refractivity contribution in [2.45, 2.75) is 270 Å². The summed E-state index contributed by atoms with van der Waals surface area (Å²) in [5.41, 5.74) is 2.99. The predicted octanol–water partition coefficient (Wildman–Crippen LogP) is 17.6. The molecule has 7 unspecified atom stereocenters. The summed E-state index contributed by atoms with van der Waals surface area (Å²) < 4.78 is 81.9. The highest BCUT2D eigenvalue weighted by Gasteiger charge is 2.59. The van der Waals surface area contributed by atoms with E-state index in [1.54, 1.807) is 5.57 Å². The molecule has 4 aliphatic rings. The van der Waals surface area contributed by atoms with Gasteiger partial charge in [-0.3, -0.25) is 9.00 Å². The van der Waals surface area contributed by atoms with Crippen molar-refractivity contribution in [2.75, 3.05) is 11.5 Å². The monoisotopic (exact) mass is 931 g/mol. The van der Waals surface area contributed by atoms with E-state index in [0.29, 0.717) is 48.0 Å². The van der Waals surface area contributed by atoms with Crippen LogP contribution in [0, 0.1) is 29.1 Å². The summed E-state index contributed by atoms with van der Waals surface area (Å²) in [4.78, 5) is 13.2. The molecule has 4 rings (SSSR count). The number of aliphatic hydroxyl groups is 1. The van der Waals surface area contributed by atoms with Crippen molar-refractivity contribution in [1.29, 1.82) is 0 Å². The van der Waals surface area contributed by atoms with Crippen LogP contribution in [0.4, 0.5) is 22.0 Å². The number of rotatable bonds is 35. The third kappa shape index (κ3) is 18.6. The normalized spacial score (nSPS) is 25.2. The first kappa shape index (κ1) is 55.1. The van der Waals surface area contributed by atoms with Crippen LogP contribution in [0.15, 0.2) is 23.0 Å². The predicted molar refractivity (Wildman–Crippen MR) is 255 cm³/mol. The lowest BCUT2D eigenvalue weighted by Crippen LogP contribution is -2.49. The quantitative estimate of drug-likeness (QED) is 0.0391. The second-order valence-corrected chi connectivity index (χ2v) is 22.8. The number of esters is 1. The highest BCUT2D eigenvalue weighted by molar-refractivity contribution is 7.84. The van der Waals surface area contributed by atoms with Crippen LogP contribution in [-0.2, 0) is 20.3 Å². The number of halogens is 5. The maximum Gasteiger partial charge on any atom is 0.453 e. The molecule has 0 aromatic carbocycles. The second-order valence-electron chi connectivity index (χ2n) is 21.1. The van der Waals surface area contributed by atoms with Gasteiger partial charge in [-0.05, 0) is 99.5 Å². The van der Waals surface area contributed by atoms with Crippen LogP contribution in [0.25, 0.3) is 0 Å². The number of hydrogen-bond acceptors (Lipinski definition) is 4. The summed E-state index contributed by atoms with van der Waals surface area (Å²) in [5.74, 6) is -1.72. The third-order valence-corrected chi connectivity index (χ3v) is 17.6. The Kier molecular flexibility index (Phi) is 25.4. The summed E-state index contributed by atoms with van der Waals surface area (Å²) in [6.45, 7) is 4.71. The van der Waals surface area contributed by atoms with Gasteiger partial charge in [-0.1, -0.05) is 174 Å². The Balaban J connectivity index is 1.08. The molecule has 2 fully saturated rings. The van der Waals surface area contributed by atoms with E-state index in [0.717, 1.165) is 103 Å². The van der Waals surface area contributed by atoms with E-state index < -0.39 is 35.7 Å². The zero-order valence-corrected chi connectivity index (χ0v) is 41.3. The zero-order chi connectivity index (χ0) is 46.3. The van der Waals surface area contributed by atoms with E-state index in [1.807, 2.05) is 0 Å². The number of allylic oxidation sites excluding steroid dienone is 4. The molecule has 0 amide bonds. The molecule has 0 radical (unpaired) electrons. The summed E-state index contributed by atoms with van der Waals surface area (Å²) >= 11 is 0. The van der Waals surface area contributed by atoms with E-state index in [2.05, 4.69) is 19.9 Å². The minimum atomic E-state index is -5.55. The number of fused-ring (bicyclic) bond motifs is 4. The van der Waals surface area contributed by atoms with Gasteiger partial charge in [-0.2, -0.15) is 22.0 Å². The smallest absolute Gasteiger partial charge is 0.453 e. The lowest BCUT2D eigenvalue weighted by molar-refractivity contribution is -0.284. The van der Waals surface area contributed by atoms with Crippen molar-refractivity contribution in [3.63, 3.8) is 0 Å². The van der Waals surface area contributed by atoms with Gasteiger partial charge in [-0.25, -0.2) is 0 Å². The zero-order valence-electron chi connectivity index (χ0n) is 40.5. The van der Waals surface area contributed by atoms with Gasteiger partial charge in [0.15, 0.2) is 0 Å². The lowest BCUT2D eigenvalue weighted by Gasteiger charge is -2.54. The Morgan fingerprint density at radius 1 is 0.703 bits per heavy atom. The van der Waals surface area contributed by atoms with E-state index in [-0.39, 0.29) is 23.2 Å². The fourth-order valence-corrected chi connectivity index (χ4v) is 13.5. The first-order valence-electron chi connectivity index (χ1n) is 26.9. The van der Waals surface area contributed by atoms with Crippen LogP contribution in [0.2, 0.25) is 0 Å². The van der Waals surface area contributed by atoms with Gasteiger partial charge in [0, 0.05) is 47.0 Å². The fraction of sp³-hybridized carbons (Fsp3) is 0.907. The van der Waals surface area contributed by atoms with Crippen LogP contribution in [-0.4, -0.2) is 45.0 Å². The number of alkyl halides is 5. The van der Waals surface area contributed by atoms with Crippen LogP contribution < -0.4 is 0 Å². The molecule has 7 atom stereocenters. The first-order valence-corrected chi connectivity index (χ1v) is 28.4. The highest BCUT2D eigenvalue weighted by atomic mass is 32.2. The molecule has 0 aromatic heterocycles. The van der Waals surface area contributed by atoms with Crippen LogP contribution in [0.3, 0.4) is 0 Å². The minimum Gasteiger partial charge on any atom is -0.512 e.